The van der Waals surface area contributed by atoms with E-state index in [4.69, 9.17) is 4.74 Å². The molecule has 3 aromatic carbocycles. The van der Waals surface area contributed by atoms with Crippen molar-refractivity contribution in [1.82, 2.24) is 9.55 Å². The minimum Gasteiger partial charge on any atom is -0.494 e. The molecule has 5 aromatic rings. The molecule has 0 aliphatic carbocycles. The van der Waals surface area contributed by atoms with Crippen molar-refractivity contribution in [3.63, 3.8) is 0 Å². The van der Waals surface area contributed by atoms with Gasteiger partial charge in [0.15, 0.2) is 0 Å². The molecule has 34 heavy (non-hydrogen) atoms. The summed E-state index contributed by atoms with van der Waals surface area (Å²) in [7, 11) is 1.72. The van der Waals surface area contributed by atoms with Gasteiger partial charge in [-0.1, -0.05) is 50.2 Å². The molecule has 0 aliphatic rings. The van der Waals surface area contributed by atoms with Gasteiger partial charge in [0.25, 0.3) is 0 Å². The van der Waals surface area contributed by atoms with E-state index in [0.29, 0.717) is 13.2 Å². The number of methoxy groups -OCH3 is 1. The Morgan fingerprint density at radius 3 is 2.56 bits per heavy atom. The summed E-state index contributed by atoms with van der Waals surface area (Å²) in [5.74, 6) is 0.227. The lowest BCUT2D eigenvalue weighted by molar-refractivity contribution is 0.146. The minimum absolute atomic E-state index is 0.0767. The van der Waals surface area contributed by atoms with Gasteiger partial charge < -0.3 is 15.2 Å². The predicted molar refractivity (Wildman–Crippen MR) is 139 cm³/mol. The molecule has 2 N–H and O–H groups in total. The summed E-state index contributed by atoms with van der Waals surface area (Å²) >= 11 is 0. The summed E-state index contributed by atoms with van der Waals surface area (Å²) < 4.78 is 7.21. The van der Waals surface area contributed by atoms with Crippen LogP contribution in [-0.2, 0) is 16.7 Å². The van der Waals surface area contributed by atoms with Crippen molar-refractivity contribution in [2.24, 2.45) is 0 Å². The van der Waals surface area contributed by atoms with Crippen molar-refractivity contribution in [3.05, 3.63) is 96.3 Å². The first-order valence-electron chi connectivity index (χ1n) is 11.5. The summed E-state index contributed by atoms with van der Waals surface area (Å²) in [6.45, 7) is 5.62. The molecular formula is C29H29N3O2. The number of hydrogen-bond donors (Lipinski definition) is 2. The third-order valence-corrected chi connectivity index (χ3v) is 6.40. The van der Waals surface area contributed by atoms with Crippen LogP contribution in [-0.4, -0.2) is 28.4 Å². The van der Waals surface area contributed by atoms with Crippen LogP contribution in [0.5, 0.6) is 5.88 Å². The number of anilines is 1. The van der Waals surface area contributed by atoms with E-state index in [1.54, 1.807) is 7.11 Å². The van der Waals surface area contributed by atoms with Crippen molar-refractivity contribution < 1.29 is 9.84 Å². The van der Waals surface area contributed by atoms with Crippen LogP contribution in [0.1, 0.15) is 25.0 Å². The zero-order valence-corrected chi connectivity index (χ0v) is 19.7. The van der Waals surface area contributed by atoms with E-state index in [2.05, 4.69) is 54.5 Å². The van der Waals surface area contributed by atoms with Crippen LogP contribution in [0.15, 0.2) is 85.2 Å². The van der Waals surface area contributed by atoms with Crippen molar-refractivity contribution >= 4 is 27.4 Å². The maximum absolute atomic E-state index is 11.2. The molecule has 0 unspecified atom stereocenters. The molecule has 0 fully saturated rings. The minimum atomic E-state index is -0.0767. The molecule has 0 amide bonds. The molecule has 0 spiro atoms. The van der Waals surface area contributed by atoms with Gasteiger partial charge in [-0.25, -0.2) is 0 Å². The third kappa shape index (κ3) is 4.11. The molecule has 0 radical (unpaired) electrons. The number of rotatable bonds is 7. The Morgan fingerprint density at radius 1 is 0.971 bits per heavy atom. The lowest BCUT2D eigenvalue weighted by Crippen LogP contribution is -2.23. The largest absolute Gasteiger partial charge is 0.494 e. The number of aromatic hydroxyl groups is 1. The lowest BCUT2D eigenvalue weighted by atomic mass is 9.85. The zero-order chi connectivity index (χ0) is 23.7. The Morgan fingerprint density at radius 2 is 1.76 bits per heavy atom. The van der Waals surface area contributed by atoms with Crippen molar-refractivity contribution in [1.29, 1.82) is 0 Å². The molecule has 5 rings (SSSR count). The average Bonchev–Trinajstić information content (AvgIpc) is 3.19. The second-order valence-corrected chi connectivity index (χ2v) is 9.34. The highest BCUT2D eigenvalue weighted by atomic mass is 16.5. The number of nitrogens with zero attached hydrogens (tertiary/aromatic N) is 2. The number of fused-ring (bicyclic) bond motifs is 2. The molecule has 0 bridgehead atoms. The van der Waals surface area contributed by atoms with Gasteiger partial charge in [-0.3, -0.25) is 9.55 Å². The van der Waals surface area contributed by atoms with Crippen LogP contribution < -0.4 is 5.32 Å². The number of ether oxygens (including phenoxy) is 1. The summed E-state index contributed by atoms with van der Waals surface area (Å²) in [5, 5.41) is 17.6. The molecule has 5 heteroatoms. The molecular weight excluding hydrogens is 422 g/mol. The van der Waals surface area contributed by atoms with Crippen molar-refractivity contribution in [3.8, 4) is 11.6 Å². The van der Waals surface area contributed by atoms with E-state index in [-0.39, 0.29) is 11.3 Å². The Hall–Kier alpha value is -3.83. The second-order valence-electron chi connectivity index (χ2n) is 9.34. The Balaban J connectivity index is 1.43. The monoisotopic (exact) mass is 451 g/mol. The van der Waals surface area contributed by atoms with Crippen LogP contribution in [0, 0.1) is 0 Å². The van der Waals surface area contributed by atoms with Crippen molar-refractivity contribution in [2.45, 2.75) is 25.8 Å². The second kappa shape index (κ2) is 8.84. The number of nitrogens with one attached hydrogen (secondary N) is 1. The summed E-state index contributed by atoms with van der Waals surface area (Å²) in [4.78, 5) is 4.39. The topological polar surface area (TPSA) is 59.3 Å². The van der Waals surface area contributed by atoms with Gasteiger partial charge in [-0.2, -0.15) is 0 Å². The molecule has 5 nitrogen and oxygen atoms in total. The molecule has 172 valence electrons. The number of hydrogen-bond acceptors (Lipinski definition) is 4. The van der Waals surface area contributed by atoms with Gasteiger partial charge in [-0.15, -0.1) is 0 Å². The van der Waals surface area contributed by atoms with E-state index in [0.717, 1.165) is 38.6 Å². The normalized spacial score (nSPS) is 11.9. The molecule has 2 heterocycles. The van der Waals surface area contributed by atoms with Gasteiger partial charge in [0.1, 0.15) is 0 Å². The van der Waals surface area contributed by atoms with Crippen molar-refractivity contribution in [2.75, 3.05) is 19.0 Å². The van der Waals surface area contributed by atoms with Crippen LogP contribution in [0.4, 0.5) is 5.69 Å². The fraction of sp³-hybridized carbons (Fsp3) is 0.207. The highest BCUT2D eigenvalue weighted by Gasteiger charge is 2.21. The van der Waals surface area contributed by atoms with Crippen LogP contribution in [0.3, 0.4) is 0 Å². The summed E-state index contributed by atoms with van der Waals surface area (Å²) in [6.07, 6.45) is 3.79. The number of pyridine rings is 1. The first-order chi connectivity index (χ1) is 16.5. The Labute approximate surface area is 199 Å². The highest BCUT2D eigenvalue weighted by Crippen LogP contribution is 2.36. The van der Waals surface area contributed by atoms with E-state index in [1.807, 2.05) is 59.4 Å². The van der Waals surface area contributed by atoms with Gasteiger partial charge in [0, 0.05) is 53.6 Å². The fourth-order valence-corrected chi connectivity index (χ4v) is 4.54. The maximum Gasteiger partial charge on any atom is 0.205 e. The van der Waals surface area contributed by atoms with E-state index in [9.17, 15) is 5.11 Å². The number of benzene rings is 3. The molecule has 0 aliphatic heterocycles. The SMILES string of the molecule is COCC(C)(C)c1ccc(-n2cc3cccc(NCc4ccc5ncccc5c4)c3c2O)cc1. The van der Waals surface area contributed by atoms with Crippen LogP contribution >= 0.6 is 0 Å². The van der Waals surface area contributed by atoms with Crippen LogP contribution in [0.25, 0.3) is 27.4 Å². The predicted octanol–water partition coefficient (Wildman–Crippen LogP) is 6.42. The van der Waals surface area contributed by atoms with E-state index >= 15 is 0 Å². The van der Waals surface area contributed by atoms with Gasteiger partial charge in [0.05, 0.1) is 17.5 Å². The summed E-state index contributed by atoms with van der Waals surface area (Å²) in [6, 6.07) is 24.6. The van der Waals surface area contributed by atoms with Gasteiger partial charge >= 0.3 is 0 Å². The first-order valence-corrected chi connectivity index (χ1v) is 11.5. The van der Waals surface area contributed by atoms with E-state index < -0.39 is 0 Å². The van der Waals surface area contributed by atoms with Gasteiger partial charge in [-0.05, 0) is 47.5 Å². The Bertz CT molecular complexity index is 1450. The lowest BCUT2D eigenvalue weighted by Gasteiger charge is -2.24. The van der Waals surface area contributed by atoms with Gasteiger partial charge in [0.2, 0.25) is 5.88 Å². The quantitative estimate of drug-likeness (QED) is 0.300. The molecule has 0 saturated carbocycles. The average molecular weight is 452 g/mol. The third-order valence-electron chi connectivity index (χ3n) is 6.40. The van der Waals surface area contributed by atoms with E-state index in [1.165, 1.54) is 5.56 Å². The fourth-order valence-electron chi connectivity index (χ4n) is 4.54. The maximum atomic E-state index is 11.2. The molecule has 0 saturated heterocycles. The molecule has 2 aromatic heterocycles. The molecule has 0 atom stereocenters. The first kappa shape index (κ1) is 22.0. The smallest absolute Gasteiger partial charge is 0.205 e. The Kier molecular flexibility index (Phi) is 5.72. The summed E-state index contributed by atoms with van der Waals surface area (Å²) in [5.41, 5.74) is 5.08. The zero-order valence-electron chi connectivity index (χ0n) is 19.7. The standard InChI is InChI=1S/C29H29N3O2/c1-29(2,19-34-3)23-10-12-24(13-11-23)32-18-22-6-4-8-26(27(22)28(32)33)31-17-20-9-14-25-21(16-20)7-5-15-30-25/h4-16,18,31,33H,17,19H2,1-3H3. The number of aromatic nitrogens is 2. The highest BCUT2D eigenvalue weighted by molar-refractivity contribution is 5.99. The van der Waals surface area contributed by atoms with Crippen LogP contribution in [0.2, 0.25) is 0 Å².